The Labute approximate surface area is 128 Å². The van der Waals surface area contributed by atoms with Crippen molar-refractivity contribution in [2.75, 3.05) is 13.3 Å². The van der Waals surface area contributed by atoms with E-state index in [0.717, 1.165) is 0 Å². The van der Waals surface area contributed by atoms with Gasteiger partial charge in [-0.2, -0.15) is 0 Å². The molecule has 0 fully saturated rings. The standard InChI is InChI=1S/C13H21FN4O4/c1-5-21-11(19)10-9(18(7-6-14)17-16-10)8-15-12(20)22-13(2,3)4/h5-8H2,1-4H3,(H,15,20). The summed E-state index contributed by atoms with van der Waals surface area (Å²) in [5, 5.41) is 9.87. The minimum absolute atomic E-state index is 0.0497. The molecule has 0 aliphatic rings. The van der Waals surface area contributed by atoms with E-state index in [2.05, 4.69) is 15.6 Å². The van der Waals surface area contributed by atoms with Gasteiger partial charge in [-0.25, -0.2) is 18.7 Å². The third kappa shape index (κ3) is 5.30. The molecular weight excluding hydrogens is 295 g/mol. The van der Waals surface area contributed by atoms with Gasteiger partial charge in [-0.3, -0.25) is 0 Å². The van der Waals surface area contributed by atoms with Crippen LogP contribution in [0.5, 0.6) is 0 Å². The normalized spacial score (nSPS) is 11.1. The zero-order valence-corrected chi connectivity index (χ0v) is 13.2. The van der Waals surface area contributed by atoms with Gasteiger partial charge in [-0.05, 0) is 27.7 Å². The number of hydrogen-bond acceptors (Lipinski definition) is 6. The molecule has 1 aromatic heterocycles. The highest BCUT2D eigenvalue weighted by molar-refractivity contribution is 5.88. The molecule has 1 N–H and O–H groups in total. The zero-order valence-electron chi connectivity index (χ0n) is 13.2. The molecule has 1 amide bonds. The summed E-state index contributed by atoms with van der Waals surface area (Å²) in [6.45, 7) is 6.19. The maximum atomic E-state index is 12.5. The summed E-state index contributed by atoms with van der Waals surface area (Å²) >= 11 is 0. The van der Waals surface area contributed by atoms with Crippen molar-refractivity contribution in [3.05, 3.63) is 11.4 Å². The van der Waals surface area contributed by atoms with Gasteiger partial charge in [-0.1, -0.05) is 5.21 Å². The molecule has 22 heavy (non-hydrogen) atoms. The first-order valence-electron chi connectivity index (χ1n) is 6.90. The van der Waals surface area contributed by atoms with Crippen LogP contribution in [-0.4, -0.2) is 45.9 Å². The van der Waals surface area contributed by atoms with Gasteiger partial charge in [0.05, 0.1) is 25.4 Å². The van der Waals surface area contributed by atoms with Crippen molar-refractivity contribution in [3.8, 4) is 0 Å². The highest BCUT2D eigenvalue weighted by atomic mass is 19.1. The molecule has 9 heteroatoms. The summed E-state index contributed by atoms with van der Waals surface area (Å²) in [6, 6.07) is 0. The van der Waals surface area contributed by atoms with E-state index in [1.807, 2.05) is 0 Å². The van der Waals surface area contributed by atoms with Crippen molar-refractivity contribution >= 4 is 12.1 Å². The average molecular weight is 316 g/mol. The molecule has 1 aromatic rings. The van der Waals surface area contributed by atoms with Gasteiger partial charge in [0.1, 0.15) is 12.3 Å². The van der Waals surface area contributed by atoms with Gasteiger partial charge in [-0.15, -0.1) is 5.10 Å². The predicted octanol–water partition coefficient (Wildman–Crippen LogP) is 1.45. The van der Waals surface area contributed by atoms with E-state index in [-0.39, 0.29) is 31.1 Å². The molecule has 0 radical (unpaired) electrons. The van der Waals surface area contributed by atoms with Crippen LogP contribution in [-0.2, 0) is 22.6 Å². The van der Waals surface area contributed by atoms with Gasteiger partial charge >= 0.3 is 12.1 Å². The molecule has 0 saturated carbocycles. The van der Waals surface area contributed by atoms with Gasteiger partial charge in [0.15, 0.2) is 5.69 Å². The van der Waals surface area contributed by atoms with Crippen molar-refractivity contribution in [2.45, 2.75) is 46.4 Å². The number of carbonyl (C=O) groups is 2. The van der Waals surface area contributed by atoms with Crippen LogP contribution in [0.1, 0.15) is 43.9 Å². The lowest BCUT2D eigenvalue weighted by molar-refractivity contribution is 0.0497. The summed E-state index contributed by atoms with van der Waals surface area (Å²) in [4.78, 5) is 23.4. The second-order valence-corrected chi connectivity index (χ2v) is 5.37. The fourth-order valence-corrected chi connectivity index (χ4v) is 1.60. The number of ether oxygens (including phenoxy) is 2. The van der Waals surface area contributed by atoms with Gasteiger partial charge < -0.3 is 14.8 Å². The Balaban J connectivity index is 2.84. The number of rotatable bonds is 6. The Morgan fingerprint density at radius 2 is 2.05 bits per heavy atom. The largest absolute Gasteiger partial charge is 0.461 e. The van der Waals surface area contributed by atoms with E-state index in [4.69, 9.17) is 9.47 Å². The van der Waals surface area contributed by atoms with Crippen LogP contribution in [0, 0.1) is 0 Å². The SMILES string of the molecule is CCOC(=O)c1nnn(CCF)c1CNC(=O)OC(C)(C)C. The van der Waals surface area contributed by atoms with Crippen LogP contribution < -0.4 is 5.32 Å². The lowest BCUT2D eigenvalue weighted by Crippen LogP contribution is -2.33. The van der Waals surface area contributed by atoms with Gasteiger partial charge in [0.25, 0.3) is 0 Å². The molecule has 8 nitrogen and oxygen atoms in total. The van der Waals surface area contributed by atoms with Crippen molar-refractivity contribution in [3.63, 3.8) is 0 Å². The molecule has 0 aromatic carbocycles. The fourth-order valence-electron chi connectivity index (χ4n) is 1.60. The third-order valence-corrected chi connectivity index (χ3v) is 2.40. The van der Waals surface area contributed by atoms with Crippen LogP contribution in [0.3, 0.4) is 0 Å². The van der Waals surface area contributed by atoms with E-state index < -0.39 is 24.3 Å². The summed E-state index contributed by atoms with van der Waals surface area (Å²) in [7, 11) is 0. The van der Waals surface area contributed by atoms with Crippen LogP contribution >= 0.6 is 0 Å². The van der Waals surface area contributed by atoms with Crippen molar-refractivity contribution in [1.82, 2.24) is 20.3 Å². The molecule has 0 bridgehead atoms. The number of nitrogens with zero attached hydrogens (tertiary/aromatic N) is 3. The lowest BCUT2D eigenvalue weighted by Gasteiger charge is -2.19. The second kappa shape index (κ2) is 7.71. The predicted molar refractivity (Wildman–Crippen MR) is 75.0 cm³/mol. The first-order valence-corrected chi connectivity index (χ1v) is 6.90. The molecule has 1 heterocycles. The van der Waals surface area contributed by atoms with Crippen molar-refractivity contribution in [2.24, 2.45) is 0 Å². The smallest absolute Gasteiger partial charge is 0.407 e. The van der Waals surface area contributed by atoms with Gasteiger partial charge in [0, 0.05) is 0 Å². The molecule has 0 spiro atoms. The van der Waals surface area contributed by atoms with Crippen molar-refractivity contribution in [1.29, 1.82) is 0 Å². The summed E-state index contributed by atoms with van der Waals surface area (Å²) in [5.74, 6) is -0.673. The molecule has 0 aliphatic carbocycles. The average Bonchev–Trinajstić information content (AvgIpc) is 2.78. The Morgan fingerprint density at radius 3 is 2.59 bits per heavy atom. The van der Waals surface area contributed by atoms with Gasteiger partial charge in [0.2, 0.25) is 0 Å². The number of alkyl carbamates (subject to hydrolysis) is 1. The highest BCUT2D eigenvalue weighted by Gasteiger charge is 2.22. The number of carbonyl (C=O) groups excluding carboxylic acids is 2. The number of aromatic nitrogens is 3. The van der Waals surface area contributed by atoms with E-state index in [0.29, 0.717) is 0 Å². The third-order valence-electron chi connectivity index (χ3n) is 2.40. The fraction of sp³-hybridized carbons (Fsp3) is 0.692. The van der Waals surface area contributed by atoms with E-state index in [1.54, 1.807) is 27.7 Å². The molecule has 124 valence electrons. The molecule has 1 rings (SSSR count). The Bertz CT molecular complexity index is 525. The van der Waals surface area contributed by atoms with Crippen LogP contribution in [0.2, 0.25) is 0 Å². The molecule has 0 atom stereocenters. The minimum Gasteiger partial charge on any atom is -0.461 e. The zero-order chi connectivity index (χ0) is 16.8. The number of amides is 1. The lowest BCUT2D eigenvalue weighted by atomic mass is 10.2. The summed E-state index contributed by atoms with van der Waals surface area (Å²) < 4.78 is 23.7. The van der Waals surface area contributed by atoms with E-state index in [1.165, 1.54) is 4.68 Å². The highest BCUT2D eigenvalue weighted by Crippen LogP contribution is 2.10. The summed E-state index contributed by atoms with van der Waals surface area (Å²) in [6.07, 6.45) is -0.657. The molecule has 0 aliphatic heterocycles. The Morgan fingerprint density at radius 1 is 1.36 bits per heavy atom. The maximum Gasteiger partial charge on any atom is 0.407 e. The molecular formula is C13H21FN4O4. The number of esters is 1. The van der Waals surface area contributed by atoms with Crippen LogP contribution in [0.4, 0.5) is 9.18 Å². The number of halogens is 1. The van der Waals surface area contributed by atoms with Crippen molar-refractivity contribution < 1.29 is 23.5 Å². The Hall–Kier alpha value is -2.19. The van der Waals surface area contributed by atoms with E-state index >= 15 is 0 Å². The van der Waals surface area contributed by atoms with Crippen LogP contribution in [0.25, 0.3) is 0 Å². The number of hydrogen-bond donors (Lipinski definition) is 1. The Kier molecular flexibility index (Phi) is 6.26. The first kappa shape index (κ1) is 17.9. The number of aryl methyl sites for hydroxylation is 1. The number of alkyl halides is 1. The first-order chi connectivity index (χ1) is 10.3. The second-order valence-electron chi connectivity index (χ2n) is 5.37. The molecule has 0 unspecified atom stereocenters. The topological polar surface area (TPSA) is 95.3 Å². The summed E-state index contributed by atoms with van der Waals surface area (Å²) in [5.41, 5.74) is -0.431. The monoisotopic (exact) mass is 316 g/mol. The maximum absolute atomic E-state index is 12.5. The van der Waals surface area contributed by atoms with E-state index in [9.17, 15) is 14.0 Å². The minimum atomic E-state index is -0.676. The number of nitrogens with one attached hydrogen (secondary N) is 1. The quantitative estimate of drug-likeness (QED) is 0.798. The van der Waals surface area contributed by atoms with Crippen LogP contribution in [0.15, 0.2) is 0 Å². The molecule has 0 saturated heterocycles.